The monoisotopic (exact) mass is 336 g/mol. The second-order valence-corrected chi connectivity index (χ2v) is 7.32. The third-order valence-corrected chi connectivity index (χ3v) is 4.05. The molecule has 2 amide bonds. The van der Waals surface area contributed by atoms with Crippen molar-refractivity contribution in [2.45, 2.75) is 52.1 Å². The molecule has 1 aliphatic heterocycles. The minimum absolute atomic E-state index is 0.0609. The van der Waals surface area contributed by atoms with E-state index in [0.29, 0.717) is 38.4 Å². The van der Waals surface area contributed by atoms with Crippen molar-refractivity contribution in [1.82, 2.24) is 20.4 Å². The van der Waals surface area contributed by atoms with E-state index in [2.05, 4.69) is 15.5 Å². The Bertz CT molecular complexity index is 529. The molecule has 0 radical (unpaired) electrons. The van der Waals surface area contributed by atoms with Crippen LogP contribution in [-0.4, -0.2) is 52.3 Å². The summed E-state index contributed by atoms with van der Waals surface area (Å²) in [6, 6.07) is 0. The molecule has 2 heterocycles. The summed E-state index contributed by atoms with van der Waals surface area (Å²) in [5.74, 6) is 0.479. The highest BCUT2D eigenvalue weighted by molar-refractivity contribution is 5.76. The summed E-state index contributed by atoms with van der Waals surface area (Å²) in [7, 11) is 0. The quantitative estimate of drug-likeness (QED) is 0.862. The van der Waals surface area contributed by atoms with Gasteiger partial charge in [-0.25, -0.2) is 4.79 Å². The van der Waals surface area contributed by atoms with E-state index in [9.17, 15) is 9.59 Å². The summed E-state index contributed by atoms with van der Waals surface area (Å²) < 4.78 is 5.39. The molecule has 0 atom stereocenters. The van der Waals surface area contributed by atoms with Gasteiger partial charge < -0.3 is 15.0 Å². The summed E-state index contributed by atoms with van der Waals surface area (Å²) in [5, 5.41) is 9.60. The molecule has 2 rings (SSSR count). The van der Waals surface area contributed by atoms with Crippen LogP contribution in [0, 0.1) is 5.92 Å². The second kappa shape index (κ2) is 8.17. The second-order valence-electron chi connectivity index (χ2n) is 7.32. The zero-order valence-electron chi connectivity index (χ0n) is 14.8. The number of nitrogens with one attached hydrogen (secondary N) is 2. The first-order valence-corrected chi connectivity index (χ1v) is 8.56. The first-order valence-electron chi connectivity index (χ1n) is 8.56. The minimum Gasteiger partial charge on any atom is -0.444 e. The Labute approximate surface area is 143 Å². The van der Waals surface area contributed by atoms with Gasteiger partial charge in [0.05, 0.1) is 6.20 Å². The number of nitrogens with zero attached hydrogens (tertiary/aromatic N) is 2. The molecule has 1 aromatic heterocycles. The number of rotatable bonds is 5. The lowest BCUT2D eigenvalue weighted by Gasteiger charge is -2.33. The molecule has 134 valence electrons. The fourth-order valence-corrected chi connectivity index (χ4v) is 2.66. The van der Waals surface area contributed by atoms with E-state index in [1.54, 1.807) is 17.3 Å². The molecule has 0 bridgehead atoms. The van der Waals surface area contributed by atoms with Crippen LogP contribution in [0.5, 0.6) is 0 Å². The molecule has 7 heteroatoms. The molecule has 0 spiro atoms. The minimum atomic E-state index is -0.461. The van der Waals surface area contributed by atoms with Crippen LogP contribution in [0.2, 0.25) is 0 Å². The zero-order chi connectivity index (χ0) is 17.6. The highest BCUT2D eigenvalue weighted by atomic mass is 16.6. The molecule has 1 aromatic rings. The third-order valence-electron chi connectivity index (χ3n) is 4.05. The van der Waals surface area contributed by atoms with Gasteiger partial charge in [-0.2, -0.15) is 5.10 Å². The highest BCUT2D eigenvalue weighted by Crippen LogP contribution is 2.19. The van der Waals surface area contributed by atoms with E-state index in [0.717, 1.165) is 18.4 Å². The molecular weight excluding hydrogens is 308 g/mol. The molecule has 0 saturated carbocycles. The molecule has 0 aromatic carbocycles. The number of ether oxygens (including phenoxy) is 1. The van der Waals surface area contributed by atoms with Crippen LogP contribution in [0.25, 0.3) is 0 Å². The fraction of sp³-hybridized carbons (Fsp3) is 0.706. The van der Waals surface area contributed by atoms with Gasteiger partial charge in [0, 0.05) is 32.3 Å². The number of amides is 2. The highest BCUT2D eigenvalue weighted by Gasteiger charge is 2.26. The predicted molar refractivity (Wildman–Crippen MR) is 90.4 cm³/mol. The summed E-state index contributed by atoms with van der Waals surface area (Å²) in [6.07, 6.45) is 6.24. The van der Waals surface area contributed by atoms with Crippen molar-refractivity contribution in [3.8, 4) is 0 Å². The Kier molecular flexibility index (Phi) is 6.23. The summed E-state index contributed by atoms with van der Waals surface area (Å²) in [5.41, 5.74) is 0.576. The first-order chi connectivity index (χ1) is 11.3. The maximum atomic E-state index is 12.0. The van der Waals surface area contributed by atoms with Crippen LogP contribution in [0.1, 0.15) is 45.6 Å². The lowest BCUT2D eigenvalue weighted by Crippen LogP contribution is -2.43. The lowest BCUT2D eigenvalue weighted by molar-refractivity contribution is -0.121. The van der Waals surface area contributed by atoms with Gasteiger partial charge in [-0.1, -0.05) is 0 Å². The normalized spacial score (nSPS) is 16.0. The number of aromatic amines is 1. The molecular formula is C17H28N4O3. The summed E-state index contributed by atoms with van der Waals surface area (Å²) in [6.45, 7) is 7.66. The van der Waals surface area contributed by atoms with E-state index in [-0.39, 0.29) is 12.0 Å². The number of H-pyrrole nitrogens is 1. The predicted octanol–water partition coefficient (Wildman–Crippen LogP) is 2.11. The molecule has 2 N–H and O–H groups in total. The van der Waals surface area contributed by atoms with Gasteiger partial charge in [-0.15, -0.1) is 0 Å². The number of piperidine rings is 1. The average Bonchev–Trinajstić information content (AvgIpc) is 3.03. The summed E-state index contributed by atoms with van der Waals surface area (Å²) in [4.78, 5) is 25.6. The van der Waals surface area contributed by atoms with Crippen molar-refractivity contribution in [1.29, 1.82) is 0 Å². The van der Waals surface area contributed by atoms with Crippen LogP contribution in [-0.2, 0) is 16.0 Å². The van der Waals surface area contributed by atoms with E-state index in [4.69, 9.17) is 4.74 Å². The van der Waals surface area contributed by atoms with E-state index in [1.807, 2.05) is 20.8 Å². The topological polar surface area (TPSA) is 87.3 Å². The maximum absolute atomic E-state index is 12.0. The van der Waals surface area contributed by atoms with E-state index >= 15 is 0 Å². The average molecular weight is 336 g/mol. The molecule has 24 heavy (non-hydrogen) atoms. The van der Waals surface area contributed by atoms with Gasteiger partial charge in [0.2, 0.25) is 5.91 Å². The van der Waals surface area contributed by atoms with Gasteiger partial charge in [0.15, 0.2) is 0 Å². The Morgan fingerprint density at radius 1 is 1.38 bits per heavy atom. The van der Waals surface area contributed by atoms with Crippen molar-refractivity contribution in [2.75, 3.05) is 19.6 Å². The number of hydrogen-bond donors (Lipinski definition) is 2. The first kappa shape index (κ1) is 18.3. The van der Waals surface area contributed by atoms with E-state index in [1.165, 1.54) is 0 Å². The largest absolute Gasteiger partial charge is 0.444 e. The van der Waals surface area contributed by atoms with Crippen LogP contribution in [0.3, 0.4) is 0 Å². The Morgan fingerprint density at radius 2 is 2.08 bits per heavy atom. The van der Waals surface area contributed by atoms with Crippen molar-refractivity contribution in [2.24, 2.45) is 5.92 Å². The van der Waals surface area contributed by atoms with Gasteiger partial charge in [-0.05, 0) is 51.5 Å². The van der Waals surface area contributed by atoms with Crippen molar-refractivity contribution in [3.05, 3.63) is 18.0 Å². The molecule has 0 unspecified atom stereocenters. The van der Waals surface area contributed by atoms with Gasteiger partial charge >= 0.3 is 6.09 Å². The van der Waals surface area contributed by atoms with Crippen molar-refractivity contribution < 1.29 is 14.3 Å². The third kappa shape index (κ3) is 6.22. The molecule has 1 aliphatic rings. The van der Waals surface area contributed by atoms with Crippen molar-refractivity contribution >= 4 is 12.0 Å². The SMILES string of the molecule is CC(C)(C)OC(=O)N1CCC(CNC(=O)CCc2cn[nH]c2)CC1. The number of aryl methyl sites for hydroxylation is 1. The number of carbonyl (C=O) groups excluding carboxylic acids is 2. The standard InChI is InChI=1S/C17H28N4O3/c1-17(2,3)24-16(23)21-8-6-13(7-9-21)10-18-15(22)5-4-14-11-19-20-12-14/h11-13H,4-10H2,1-3H3,(H,18,22)(H,19,20). The number of likely N-dealkylation sites (tertiary alicyclic amines) is 1. The summed E-state index contributed by atoms with van der Waals surface area (Å²) >= 11 is 0. The molecule has 1 saturated heterocycles. The number of hydrogen-bond acceptors (Lipinski definition) is 4. The van der Waals surface area contributed by atoms with E-state index < -0.39 is 5.60 Å². The Balaban J connectivity index is 1.62. The molecule has 1 fully saturated rings. The smallest absolute Gasteiger partial charge is 0.410 e. The number of aromatic nitrogens is 2. The van der Waals surface area contributed by atoms with Crippen LogP contribution in [0.4, 0.5) is 4.79 Å². The zero-order valence-corrected chi connectivity index (χ0v) is 14.8. The Hall–Kier alpha value is -2.05. The van der Waals surface area contributed by atoms with Crippen LogP contribution >= 0.6 is 0 Å². The van der Waals surface area contributed by atoms with Gasteiger partial charge in [0.25, 0.3) is 0 Å². The Morgan fingerprint density at radius 3 is 2.67 bits per heavy atom. The lowest BCUT2D eigenvalue weighted by atomic mass is 9.97. The van der Waals surface area contributed by atoms with Crippen LogP contribution in [0.15, 0.2) is 12.4 Å². The van der Waals surface area contributed by atoms with Gasteiger partial charge in [0.1, 0.15) is 5.60 Å². The molecule has 7 nitrogen and oxygen atoms in total. The van der Waals surface area contributed by atoms with Crippen molar-refractivity contribution in [3.63, 3.8) is 0 Å². The maximum Gasteiger partial charge on any atom is 0.410 e. The van der Waals surface area contributed by atoms with Crippen LogP contribution < -0.4 is 5.32 Å². The molecule has 0 aliphatic carbocycles. The van der Waals surface area contributed by atoms with Gasteiger partial charge in [-0.3, -0.25) is 9.89 Å². The fourth-order valence-electron chi connectivity index (χ4n) is 2.66. The number of carbonyl (C=O) groups is 2.